The number of halogens is 3. The van der Waals surface area contributed by atoms with Crippen molar-refractivity contribution < 1.29 is 32.6 Å². The number of rotatable bonds is 11. The highest BCUT2D eigenvalue weighted by molar-refractivity contribution is 5.84. The van der Waals surface area contributed by atoms with Gasteiger partial charge in [0, 0.05) is 29.9 Å². The van der Waals surface area contributed by atoms with E-state index in [0.29, 0.717) is 13.0 Å². The molecule has 3 heterocycles. The van der Waals surface area contributed by atoms with Gasteiger partial charge >= 0.3 is 12.1 Å². The van der Waals surface area contributed by atoms with Crippen LogP contribution in [0.2, 0.25) is 0 Å². The van der Waals surface area contributed by atoms with Crippen molar-refractivity contribution in [3.63, 3.8) is 0 Å². The predicted molar refractivity (Wildman–Crippen MR) is 174 cm³/mol. The molecule has 5 aromatic rings. The number of para-hydroxylation sites is 1. The number of alkyl halides is 3. The van der Waals surface area contributed by atoms with Crippen molar-refractivity contribution in [2.24, 2.45) is 0 Å². The van der Waals surface area contributed by atoms with E-state index in [4.69, 9.17) is 24.8 Å². The Morgan fingerprint density at radius 2 is 1.71 bits per heavy atom. The molecule has 1 aliphatic heterocycles. The normalized spacial score (nSPS) is 15.0. The number of carbonyl (C=O) groups is 2. The maximum Gasteiger partial charge on any atom is 0.490 e. The lowest BCUT2D eigenvalue weighted by molar-refractivity contribution is -0.192. The zero-order valence-electron chi connectivity index (χ0n) is 26.3. The van der Waals surface area contributed by atoms with Crippen molar-refractivity contribution in [2.45, 2.75) is 56.9 Å². The van der Waals surface area contributed by atoms with Crippen molar-refractivity contribution in [3.8, 4) is 5.75 Å². The number of ether oxygens (including phenoxy) is 1. The summed E-state index contributed by atoms with van der Waals surface area (Å²) in [5.74, 6) is -0.266. The number of aryl methyl sites for hydroxylation is 2. The van der Waals surface area contributed by atoms with Crippen LogP contribution in [0.15, 0.2) is 85.1 Å². The number of nitrogens with one attached hydrogen (secondary N) is 3. The molecule has 252 valence electrons. The molecule has 3 aromatic carbocycles. The van der Waals surface area contributed by atoms with Gasteiger partial charge in [-0.15, -0.1) is 10.2 Å². The number of carbonyl (C=O) groups excluding carboxylic acids is 1. The minimum Gasteiger partial charge on any atom is -0.497 e. The summed E-state index contributed by atoms with van der Waals surface area (Å²) in [4.78, 5) is 25.7. The SMILES string of the molecule is COc1ccc(Cn2c(CCc3ccccc3)nnc2[C@@H](Cc2c[nH]c3ccccc23)NC(=O)[C@H]2CCCN2)cc1.O=C(O)C(F)(F)F. The quantitative estimate of drug-likeness (QED) is 0.149. The van der Waals surface area contributed by atoms with Crippen LogP contribution < -0.4 is 15.4 Å². The number of carboxylic acid groups (broad SMARTS) is 1. The molecule has 1 aliphatic rings. The van der Waals surface area contributed by atoms with Crippen LogP contribution in [0.1, 0.15) is 47.2 Å². The van der Waals surface area contributed by atoms with Crippen LogP contribution in [0.3, 0.4) is 0 Å². The number of aromatic nitrogens is 4. The minimum absolute atomic E-state index is 0.0113. The second-order valence-corrected chi connectivity index (χ2v) is 11.5. The van der Waals surface area contributed by atoms with E-state index < -0.39 is 12.1 Å². The maximum absolute atomic E-state index is 13.4. The number of carboxylic acids is 1. The van der Waals surface area contributed by atoms with Gasteiger partial charge in [0.05, 0.1) is 25.7 Å². The van der Waals surface area contributed by atoms with Crippen LogP contribution in [-0.2, 0) is 35.4 Å². The van der Waals surface area contributed by atoms with Gasteiger partial charge in [-0.1, -0.05) is 60.7 Å². The van der Waals surface area contributed by atoms with E-state index in [2.05, 4.69) is 68.7 Å². The first-order chi connectivity index (χ1) is 23.1. The number of fused-ring (bicyclic) bond motifs is 1. The Balaban J connectivity index is 0.000000582. The largest absolute Gasteiger partial charge is 0.497 e. The van der Waals surface area contributed by atoms with Gasteiger partial charge in [-0.05, 0) is 60.7 Å². The van der Waals surface area contributed by atoms with Gasteiger partial charge in [-0.25, -0.2) is 4.79 Å². The number of hydrogen-bond donors (Lipinski definition) is 4. The molecule has 0 saturated carbocycles. The fraction of sp³-hybridized carbons (Fsp3) is 0.314. The van der Waals surface area contributed by atoms with Gasteiger partial charge in [0.15, 0.2) is 5.82 Å². The molecule has 1 amide bonds. The molecular weight excluding hydrogens is 625 g/mol. The van der Waals surface area contributed by atoms with E-state index in [1.54, 1.807) is 7.11 Å². The molecule has 6 rings (SSSR count). The third-order valence-electron chi connectivity index (χ3n) is 8.18. The second-order valence-electron chi connectivity index (χ2n) is 11.5. The Morgan fingerprint density at radius 1 is 1.00 bits per heavy atom. The van der Waals surface area contributed by atoms with E-state index >= 15 is 0 Å². The molecule has 10 nitrogen and oxygen atoms in total. The summed E-state index contributed by atoms with van der Waals surface area (Å²) < 4.78 is 39.3. The van der Waals surface area contributed by atoms with Crippen LogP contribution in [0, 0.1) is 0 Å². The van der Waals surface area contributed by atoms with Gasteiger partial charge < -0.3 is 30.0 Å². The Kier molecular flexibility index (Phi) is 11.1. The van der Waals surface area contributed by atoms with Crippen LogP contribution >= 0.6 is 0 Å². The van der Waals surface area contributed by atoms with E-state index in [1.807, 2.05) is 36.5 Å². The van der Waals surface area contributed by atoms with Gasteiger partial charge in [0.1, 0.15) is 11.6 Å². The van der Waals surface area contributed by atoms with Crippen LogP contribution in [0.4, 0.5) is 13.2 Å². The Hall–Kier alpha value is -5.17. The topological polar surface area (TPSA) is 134 Å². The monoisotopic (exact) mass is 662 g/mol. The summed E-state index contributed by atoms with van der Waals surface area (Å²) in [5.41, 5.74) is 4.58. The molecule has 48 heavy (non-hydrogen) atoms. The lowest BCUT2D eigenvalue weighted by Crippen LogP contribution is -2.43. The Bertz CT molecular complexity index is 1800. The predicted octanol–water partition coefficient (Wildman–Crippen LogP) is 5.39. The van der Waals surface area contributed by atoms with Crippen LogP contribution in [-0.4, -0.2) is 62.6 Å². The first-order valence-electron chi connectivity index (χ1n) is 15.6. The maximum atomic E-state index is 13.4. The van der Waals surface area contributed by atoms with E-state index in [9.17, 15) is 18.0 Å². The molecule has 4 N–H and O–H groups in total. The fourth-order valence-corrected chi connectivity index (χ4v) is 5.69. The average Bonchev–Trinajstić information content (AvgIpc) is 3.85. The molecule has 2 atom stereocenters. The van der Waals surface area contributed by atoms with Crippen molar-refractivity contribution >= 4 is 22.8 Å². The number of aromatic amines is 1. The summed E-state index contributed by atoms with van der Waals surface area (Å²) >= 11 is 0. The Labute approximate surface area is 275 Å². The molecule has 0 aliphatic carbocycles. The van der Waals surface area contributed by atoms with Gasteiger partial charge in [-0.2, -0.15) is 13.2 Å². The lowest BCUT2D eigenvalue weighted by Gasteiger charge is -2.22. The van der Waals surface area contributed by atoms with Crippen molar-refractivity contribution in [1.82, 2.24) is 30.4 Å². The highest BCUT2D eigenvalue weighted by Gasteiger charge is 2.38. The van der Waals surface area contributed by atoms with Gasteiger partial charge in [-0.3, -0.25) is 4.79 Å². The number of hydrogen-bond acceptors (Lipinski definition) is 6. The summed E-state index contributed by atoms with van der Waals surface area (Å²) in [6.45, 7) is 1.46. The molecule has 13 heteroatoms. The summed E-state index contributed by atoms with van der Waals surface area (Å²) in [6.07, 6.45) is 0.993. The third kappa shape index (κ3) is 8.79. The number of aliphatic carboxylic acids is 1. The molecule has 0 bridgehead atoms. The average molecular weight is 663 g/mol. The summed E-state index contributed by atoms with van der Waals surface area (Å²) in [6, 6.07) is 26.2. The lowest BCUT2D eigenvalue weighted by atomic mass is 10.0. The Morgan fingerprint density at radius 3 is 2.38 bits per heavy atom. The standard InChI is InChI=1S/C33H36N6O2.C2HF3O2/c1-41-26-16-13-24(14-17-26)22-39-31(18-15-23-8-3-2-4-9-23)37-38-32(39)30(36-33(40)29-12-7-19-34-29)20-25-21-35-28-11-6-5-10-27(25)28;3-2(4,5)1(6)7/h2-6,8-11,13-14,16-17,21,29-30,34-35H,7,12,15,18-20,22H2,1H3,(H,36,40);(H,6,7)/t29-,30-;/m1./s1. The van der Waals surface area contributed by atoms with Gasteiger partial charge in [0.2, 0.25) is 5.91 Å². The number of benzene rings is 3. The summed E-state index contributed by atoms with van der Waals surface area (Å²) in [7, 11) is 1.67. The fourth-order valence-electron chi connectivity index (χ4n) is 5.69. The van der Waals surface area contributed by atoms with Crippen LogP contribution in [0.5, 0.6) is 5.75 Å². The van der Waals surface area contributed by atoms with Gasteiger partial charge in [0.25, 0.3) is 0 Å². The van der Waals surface area contributed by atoms with Crippen molar-refractivity contribution in [3.05, 3.63) is 113 Å². The molecule has 1 fully saturated rings. The van der Waals surface area contributed by atoms with Crippen molar-refractivity contribution in [2.75, 3.05) is 13.7 Å². The minimum atomic E-state index is -5.08. The molecule has 0 radical (unpaired) electrons. The molecule has 1 saturated heterocycles. The zero-order chi connectivity index (χ0) is 34.1. The third-order valence-corrected chi connectivity index (χ3v) is 8.18. The highest BCUT2D eigenvalue weighted by Crippen LogP contribution is 2.26. The molecular formula is C35H37F3N6O4. The highest BCUT2D eigenvalue weighted by atomic mass is 19.4. The smallest absolute Gasteiger partial charge is 0.490 e. The number of amides is 1. The molecule has 0 spiro atoms. The van der Waals surface area contributed by atoms with Crippen LogP contribution in [0.25, 0.3) is 10.9 Å². The first-order valence-corrected chi connectivity index (χ1v) is 15.6. The summed E-state index contributed by atoms with van der Waals surface area (Å²) in [5, 5.41) is 24.4. The van der Waals surface area contributed by atoms with E-state index in [1.165, 1.54) is 5.56 Å². The first kappa shape index (κ1) is 34.2. The van der Waals surface area contributed by atoms with Crippen molar-refractivity contribution in [1.29, 1.82) is 0 Å². The van der Waals surface area contributed by atoms with E-state index in [0.717, 1.165) is 71.7 Å². The van der Waals surface area contributed by atoms with E-state index in [-0.39, 0.29) is 18.0 Å². The molecule has 0 unspecified atom stereocenters. The zero-order valence-corrected chi connectivity index (χ0v) is 26.3. The second kappa shape index (κ2) is 15.6. The molecule has 2 aromatic heterocycles. The number of nitrogens with zero attached hydrogens (tertiary/aromatic N) is 3. The number of methoxy groups -OCH3 is 1. The number of H-pyrrole nitrogens is 1.